The van der Waals surface area contributed by atoms with E-state index in [4.69, 9.17) is 4.74 Å². The van der Waals surface area contributed by atoms with Crippen LogP contribution in [0.1, 0.15) is 19.8 Å². The van der Waals surface area contributed by atoms with Gasteiger partial charge in [-0.15, -0.1) is 0 Å². The van der Waals surface area contributed by atoms with Gasteiger partial charge in [0, 0.05) is 17.2 Å². The highest BCUT2D eigenvalue weighted by molar-refractivity contribution is 5.53. The number of alkyl halides is 2. The van der Waals surface area contributed by atoms with Gasteiger partial charge in [-0.1, -0.05) is 51.6 Å². The van der Waals surface area contributed by atoms with E-state index in [1.54, 1.807) is 6.92 Å². The first-order valence-corrected chi connectivity index (χ1v) is 10.2. The molecule has 1 rings (SSSR count). The second-order valence-corrected chi connectivity index (χ2v) is 7.64. The molecule has 0 saturated carbocycles. The standard InChI is InChI=1S/C26H29F5O3/c1-15(9-10-16(2)20(6)24(28)25(29)21(7)32-8)19(5)23(27)13-18(4)34-26(30,31)22-12-11-17(3)33-14-22/h9-10,13,17,22H,1-2,4-7,11-12,14H2,3,8H3/b10-9-,23-13+,25-24-. The zero-order valence-electron chi connectivity index (χ0n) is 19.4. The van der Waals surface area contributed by atoms with Gasteiger partial charge in [0.15, 0.2) is 5.83 Å². The van der Waals surface area contributed by atoms with Crippen LogP contribution in [0.4, 0.5) is 22.0 Å². The topological polar surface area (TPSA) is 27.7 Å². The van der Waals surface area contributed by atoms with E-state index in [0.29, 0.717) is 12.5 Å². The number of rotatable bonds is 12. The van der Waals surface area contributed by atoms with Crippen molar-refractivity contribution < 1.29 is 36.2 Å². The smallest absolute Gasteiger partial charge is 0.402 e. The van der Waals surface area contributed by atoms with Crippen LogP contribution in [-0.2, 0) is 14.2 Å². The van der Waals surface area contributed by atoms with Crippen molar-refractivity contribution in [3.8, 4) is 0 Å². The van der Waals surface area contributed by atoms with Crippen LogP contribution >= 0.6 is 0 Å². The molecule has 1 heterocycles. The Bertz CT molecular complexity index is 961. The quantitative estimate of drug-likeness (QED) is 0.160. The van der Waals surface area contributed by atoms with E-state index in [1.807, 2.05) is 0 Å². The molecule has 1 saturated heterocycles. The summed E-state index contributed by atoms with van der Waals surface area (Å²) < 4.78 is 85.3. The molecule has 1 aliphatic heterocycles. The van der Waals surface area contributed by atoms with E-state index in [-0.39, 0.29) is 35.9 Å². The highest BCUT2D eigenvalue weighted by atomic mass is 19.3. The summed E-state index contributed by atoms with van der Waals surface area (Å²) in [5, 5.41) is 0. The Morgan fingerprint density at radius 1 is 0.912 bits per heavy atom. The van der Waals surface area contributed by atoms with Gasteiger partial charge in [-0.05, 0) is 30.9 Å². The second kappa shape index (κ2) is 12.4. The van der Waals surface area contributed by atoms with Crippen LogP contribution in [0.3, 0.4) is 0 Å². The molecule has 0 N–H and O–H groups in total. The van der Waals surface area contributed by atoms with Crippen molar-refractivity contribution in [2.45, 2.75) is 32.0 Å². The minimum atomic E-state index is -3.59. The molecular weight excluding hydrogens is 455 g/mol. The molecule has 0 aromatic rings. The zero-order chi connectivity index (χ0) is 26.2. The number of methoxy groups -OCH3 is 1. The van der Waals surface area contributed by atoms with Crippen molar-refractivity contribution in [3.63, 3.8) is 0 Å². The third kappa shape index (κ3) is 8.02. The Labute approximate surface area is 197 Å². The summed E-state index contributed by atoms with van der Waals surface area (Å²) in [4.78, 5) is 0. The minimum Gasteiger partial charge on any atom is -0.494 e. The van der Waals surface area contributed by atoms with Crippen molar-refractivity contribution in [3.05, 3.63) is 109 Å². The van der Waals surface area contributed by atoms with Crippen LogP contribution in [0, 0.1) is 5.92 Å². The summed E-state index contributed by atoms with van der Waals surface area (Å²) in [6.45, 7) is 22.2. The van der Waals surface area contributed by atoms with Crippen molar-refractivity contribution in [1.82, 2.24) is 0 Å². The van der Waals surface area contributed by atoms with E-state index < -0.39 is 46.6 Å². The first kappa shape index (κ1) is 28.9. The van der Waals surface area contributed by atoms with E-state index in [2.05, 4.69) is 48.9 Å². The Morgan fingerprint density at radius 2 is 1.47 bits per heavy atom. The SMILES string of the molecule is C=C(/C=C(/F)C(=C)C(=C)/C=C\C(=C)C(=C)/C(F)=C(/F)C(=C)OC)OC(F)(F)C1CCC(C)OC1. The molecule has 0 amide bonds. The number of hydrogen-bond acceptors (Lipinski definition) is 3. The Hall–Kier alpha value is -3.13. The predicted molar refractivity (Wildman–Crippen MR) is 124 cm³/mol. The van der Waals surface area contributed by atoms with E-state index >= 15 is 0 Å². The fourth-order valence-electron chi connectivity index (χ4n) is 2.71. The summed E-state index contributed by atoms with van der Waals surface area (Å²) >= 11 is 0. The molecule has 0 aliphatic carbocycles. The van der Waals surface area contributed by atoms with Gasteiger partial charge in [0.1, 0.15) is 17.3 Å². The number of allylic oxidation sites excluding steroid dienone is 10. The third-order valence-electron chi connectivity index (χ3n) is 5.03. The predicted octanol–water partition coefficient (Wildman–Crippen LogP) is 7.87. The lowest BCUT2D eigenvalue weighted by molar-refractivity contribution is -0.266. The lowest BCUT2D eigenvalue weighted by Crippen LogP contribution is -2.38. The molecule has 0 spiro atoms. The highest BCUT2D eigenvalue weighted by Gasteiger charge is 2.44. The molecule has 1 aliphatic rings. The van der Waals surface area contributed by atoms with Crippen molar-refractivity contribution >= 4 is 0 Å². The van der Waals surface area contributed by atoms with Gasteiger partial charge in [-0.25, -0.2) is 8.78 Å². The molecule has 2 atom stereocenters. The average molecular weight is 485 g/mol. The molecule has 186 valence electrons. The molecular formula is C26H29F5O3. The van der Waals surface area contributed by atoms with E-state index in [0.717, 1.165) is 7.11 Å². The van der Waals surface area contributed by atoms with Gasteiger partial charge in [0.05, 0.1) is 25.7 Å². The molecule has 0 aromatic carbocycles. The summed E-state index contributed by atoms with van der Waals surface area (Å²) in [6.07, 6.45) is 0.0205. The Morgan fingerprint density at radius 3 is 1.97 bits per heavy atom. The van der Waals surface area contributed by atoms with Gasteiger partial charge >= 0.3 is 6.11 Å². The first-order chi connectivity index (χ1) is 15.7. The van der Waals surface area contributed by atoms with Crippen LogP contribution in [0.25, 0.3) is 0 Å². The second-order valence-electron chi connectivity index (χ2n) is 7.64. The monoisotopic (exact) mass is 484 g/mol. The van der Waals surface area contributed by atoms with Gasteiger partial charge in [0.2, 0.25) is 5.83 Å². The van der Waals surface area contributed by atoms with Crippen LogP contribution in [-0.4, -0.2) is 25.9 Å². The number of halogens is 5. The Kier molecular flexibility index (Phi) is 10.5. The van der Waals surface area contributed by atoms with Crippen molar-refractivity contribution in [2.24, 2.45) is 5.92 Å². The minimum absolute atomic E-state index is 0.00286. The third-order valence-corrected chi connectivity index (χ3v) is 5.03. The van der Waals surface area contributed by atoms with Crippen LogP contribution in [0.5, 0.6) is 0 Å². The van der Waals surface area contributed by atoms with Crippen LogP contribution in [0.2, 0.25) is 0 Å². The van der Waals surface area contributed by atoms with Crippen LogP contribution < -0.4 is 0 Å². The molecule has 0 radical (unpaired) electrons. The van der Waals surface area contributed by atoms with Crippen molar-refractivity contribution in [1.29, 1.82) is 0 Å². The molecule has 1 fully saturated rings. The van der Waals surface area contributed by atoms with Gasteiger partial charge in [-0.3, -0.25) is 0 Å². The van der Waals surface area contributed by atoms with Gasteiger partial charge in [-0.2, -0.15) is 13.2 Å². The average Bonchev–Trinajstić information content (AvgIpc) is 2.79. The maximum absolute atomic E-state index is 14.5. The fourth-order valence-corrected chi connectivity index (χ4v) is 2.71. The lowest BCUT2D eigenvalue weighted by atomic mass is 9.98. The maximum atomic E-state index is 14.5. The largest absolute Gasteiger partial charge is 0.494 e. The maximum Gasteiger partial charge on any atom is 0.402 e. The molecule has 2 unspecified atom stereocenters. The van der Waals surface area contributed by atoms with E-state index in [1.165, 1.54) is 12.2 Å². The number of hydrogen-bond donors (Lipinski definition) is 0. The van der Waals surface area contributed by atoms with Gasteiger partial charge in [0.25, 0.3) is 0 Å². The van der Waals surface area contributed by atoms with Gasteiger partial charge < -0.3 is 14.2 Å². The van der Waals surface area contributed by atoms with E-state index in [9.17, 15) is 22.0 Å². The Balaban J connectivity index is 2.79. The summed E-state index contributed by atoms with van der Waals surface area (Å²) in [7, 11) is 1.12. The molecule has 0 aromatic heterocycles. The van der Waals surface area contributed by atoms with Crippen LogP contribution in [0.15, 0.2) is 109 Å². The summed E-state index contributed by atoms with van der Waals surface area (Å²) in [5.74, 6) is -6.02. The summed E-state index contributed by atoms with van der Waals surface area (Å²) in [5.41, 5.74) is -0.714. The van der Waals surface area contributed by atoms with Crippen molar-refractivity contribution in [2.75, 3.05) is 13.7 Å². The zero-order valence-corrected chi connectivity index (χ0v) is 19.4. The highest BCUT2D eigenvalue weighted by Crippen LogP contribution is 2.36. The normalized spacial score (nSPS) is 19.8. The first-order valence-electron chi connectivity index (χ1n) is 10.2. The molecule has 8 heteroatoms. The molecule has 0 bridgehead atoms. The fraction of sp³-hybridized carbons (Fsp3) is 0.308. The molecule has 34 heavy (non-hydrogen) atoms. The summed E-state index contributed by atoms with van der Waals surface area (Å²) in [6, 6.07) is 0. The number of ether oxygens (including phenoxy) is 3. The molecule has 3 nitrogen and oxygen atoms in total. The lowest BCUT2D eigenvalue weighted by Gasteiger charge is -2.32.